The van der Waals surface area contributed by atoms with Crippen molar-refractivity contribution in [1.82, 2.24) is 4.90 Å². The van der Waals surface area contributed by atoms with E-state index in [9.17, 15) is 4.79 Å². The summed E-state index contributed by atoms with van der Waals surface area (Å²) in [7, 11) is 1.69. The molecule has 5 heteroatoms. The molecule has 24 heavy (non-hydrogen) atoms. The summed E-state index contributed by atoms with van der Waals surface area (Å²) in [5.74, 6) is 1.37. The van der Waals surface area contributed by atoms with Gasteiger partial charge >= 0.3 is 6.03 Å². The first-order valence-corrected chi connectivity index (χ1v) is 8.47. The summed E-state index contributed by atoms with van der Waals surface area (Å²) in [5, 5.41) is 3.58. The van der Waals surface area contributed by atoms with Crippen molar-refractivity contribution in [2.75, 3.05) is 25.5 Å². The first-order valence-electron chi connectivity index (χ1n) is 8.09. The van der Waals surface area contributed by atoms with Gasteiger partial charge in [0.1, 0.15) is 5.75 Å². The third kappa shape index (κ3) is 4.01. The van der Waals surface area contributed by atoms with Crippen LogP contribution in [0, 0.1) is 5.92 Å². The predicted molar refractivity (Wildman–Crippen MR) is 96.8 cm³/mol. The van der Waals surface area contributed by atoms with Gasteiger partial charge in [-0.15, -0.1) is 0 Å². The number of carbonyl (C=O) groups excluding carboxylic acids is 1. The number of amides is 2. The molecule has 4 nitrogen and oxygen atoms in total. The lowest BCUT2D eigenvalue weighted by molar-refractivity contribution is 0.221. The molecule has 2 aromatic rings. The van der Waals surface area contributed by atoms with Crippen LogP contribution < -0.4 is 10.1 Å². The largest absolute Gasteiger partial charge is 0.496 e. The molecule has 1 aliphatic heterocycles. The van der Waals surface area contributed by atoms with Crippen molar-refractivity contribution in [3.8, 4) is 5.75 Å². The Morgan fingerprint density at radius 3 is 2.75 bits per heavy atom. The van der Waals surface area contributed by atoms with Gasteiger partial charge in [0.2, 0.25) is 0 Å². The first-order chi connectivity index (χ1) is 11.7. The highest BCUT2D eigenvalue weighted by molar-refractivity contribution is 6.30. The van der Waals surface area contributed by atoms with Crippen LogP contribution in [-0.4, -0.2) is 31.1 Å². The summed E-state index contributed by atoms with van der Waals surface area (Å²) < 4.78 is 5.41. The van der Waals surface area contributed by atoms with Gasteiger partial charge in [0.05, 0.1) is 7.11 Å². The third-order valence-electron chi connectivity index (χ3n) is 4.37. The molecule has 1 fully saturated rings. The maximum Gasteiger partial charge on any atom is 0.321 e. The fraction of sp³-hybridized carbons (Fsp3) is 0.316. The number of ether oxygens (including phenoxy) is 1. The van der Waals surface area contributed by atoms with Gasteiger partial charge in [0, 0.05) is 23.8 Å². The number of benzene rings is 2. The molecular formula is C19H21ClN2O2. The Morgan fingerprint density at radius 2 is 2.00 bits per heavy atom. The molecule has 0 bridgehead atoms. The number of anilines is 1. The van der Waals surface area contributed by atoms with Gasteiger partial charge in [-0.05, 0) is 54.7 Å². The van der Waals surface area contributed by atoms with Gasteiger partial charge in [-0.2, -0.15) is 0 Å². The predicted octanol–water partition coefficient (Wildman–Crippen LogP) is 4.45. The number of hydrogen-bond acceptors (Lipinski definition) is 2. The molecule has 126 valence electrons. The van der Waals surface area contributed by atoms with Crippen molar-refractivity contribution >= 4 is 23.3 Å². The fourth-order valence-electron chi connectivity index (χ4n) is 3.10. The van der Waals surface area contributed by atoms with E-state index >= 15 is 0 Å². The quantitative estimate of drug-likeness (QED) is 0.890. The van der Waals surface area contributed by atoms with Gasteiger partial charge < -0.3 is 15.0 Å². The van der Waals surface area contributed by atoms with Crippen molar-refractivity contribution < 1.29 is 9.53 Å². The summed E-state index contributed by atoms with van der Waals surface area (Å²) in [6, 6.07) is 15.2. The van der Waals surface area contributed by atoms with E-state index in [0.29, 0.717) is 10.9 Å². The lowest BCUT2D eigenvalue weighted by Gasteiger charge is -2.18. The number of likely N-dealkylation sites (tertiary alicyclic amines) is 1. The number of methoxy groups -OCH3 is 1. The van der Waals surface area contributed by atoms with Crippen molar-refractivity contribution in [1.29, 1.82) is 0 Å². The molecule has 0 saturated carbocycles. The Hall–Kier alpha value is -2.20. The smallest absolute Gasteiger partial charge is 0.321 e. The minimum absolute atomic E-state index is 0.0557. The summed E-state index contributed by atoms with van der Waals surface area (Å²) in [6.07, 6.45) is 1.93. The average Bonchev–Trinajstić information content (AvgIpc) is 3.06. The summed E-state index contributed by atoms with van der Waals surface area (Å²) >= 11 is 5.86. The van der Waals surface area contributed by atoms with Crippen LogP contribution >= 0.6 is 11.6 Å². The zero-order valence-corrected chi connectivity index (χ0v) is 14.4. The number of urea groups is 1. The molecule has 0 spiro atoms. The average molecular weight is 345 g/mol. The topological polar surface area (TPSA) is 41.6 Å². The van der Waals surface area contributed by atoms with Crippen molar-refractivity contribution in [2.45, 2.75) is 12.8 Å². The number of hydrogen-bond donors (Lipinski definition) is 1. The number of rotatable bonds is 4. The van der Waals surface area contributed by atoms with Crippen LogP contribution in [0.15, 0.2) is 48.5 Å². The Bertz CT molecular complexity index is 703. The van der Waals surface area contributed by atoms with E-state index in [1.807, 2.05) is 35.2 Å². The molecule has 1 atom stereocenters. The van der Waals surface area contributed by atoms with Crippen molar-refractivity contribution in [3.05, 3.63) is 59.1 Å². The van der Waals surface area contributed by atoms with Crippen LogP contribution in [0.4, 0.5) is 10.5 Å². The number of nitrogens with zero attached hydrogens (tertiary/aromatic N) is 1. The first kappa shape index (κ1) is 16.7. The van der Waals surface area contributed by atoms with Gasteiger partial charge in [-0.25, -0.2) is 4.79 Å². The highest BCUT2D eigenvalue weighted by Crippen LogP contribution is 2.26. The van der Waals surface area contributed by atoms with Gasteiger partial charge in [0.15, 0.2) is 0 Å². The fourth-order valence-corrected chi connectivity index (χ4v) is 3.23. The normalized spacial score (nSPS) is 16.9. The molecule has 2 amide bonds. The molecule has 0 aliphatic carbocycles. The van der Waals surface area contributed by atoms with Gasteiger partial charge in [-0.3, -0.25) is 0 Å². The molecule has 0 aromatic heterocycles. The summed E-state index contributed by atoms with van der Waals surface area (Å²) in [4.78, 5) is 14.2. The van der Waals surface area contributed by atoms with E-state index in [0.717, 1.165) is 37.4 Å². The molecule has 1 heterocycles. The van der Waals surface area contributed by atoms with Crippen molar-refractivity contribution in [2.24, 2.45) is 5.92 Å². The summed E-state index contributed by atoms with van der Waals surface area (Å²) in [5.41, 5.74) is 1.96. The molecule has 1 saturated heterocycles. The Labute approximate surface area is 147 Å². The van der Waals surface area contributed by atoms with Crippen LogP contribution in [0.2, 0.25) is 5.02 Å². The standard InChI is InChI=1S/C19H21ClN2O2/c1-24-18-5-3-2-4-15(18)12-14-10-11-22(13-14)19(23)21-17-8-6-16(20)7-9-17/h2-9,14H,10-13H2,1H3,(H,21,23). The Balaban J connectivity index is 1.56. The lowest BCUT2D eigenvalue weighted by Crippen LogP contribution is -2.33. The van der Waals surface area contributed by atoms with E-state index in [4.69, 9.17) is 16.3 Å². The number of nitrogens with one attached hydrogen (secondary N) is 1. The second-order valence-electron chi connectivity index (χ2n) is 6.05. The maximum atomic E-state index is 12.4. The molecular weight excluding hydrogens is 324 g/mol. The second kappa shape index (κ2) is 7.58. The highest BCUT2D eigenvalue weighted by Gasteiger charge is 2.27. The minimum Gasteiger partial charge on any atom is -0.496 e. The van der Waals surface area contributed by atoms with E-state index in [-0.39, 0.29) is 6.03 Å². The van der Waals surface area contributed by atoms with Gasteiger partial charge in [0.25, 0.3) is 0 Å². The summed E-state index contributed by atoms with van der Waals surface area (Å²) in [6.45, 7) is 1.54. The van der Waals surface area contributed by atoms with Crippen LogP contribution in [0.25, 0.3) is 0 Å². The number of para-hydroxylation sites is 1. The SMILES string of the molecule is COc1ccccc1CC1CCN(C(=O)Nc2ccc(Cl)cc2)C1. The van der Waals surface area contributed by atoms with Crippen molar-refractivity contribution in [3.63, 3.8) is 0 Å². The highest BCUT2D eigenvalue weighted by atomic mass is 35.5. The molecule has 3 rings (SSSR count). The van der Waals surface area contributed by atoms with Crippen LogP contribution in [-0.2, 0) is 6.42 Å². The van der Waals surface area contributed by atoms with Crippen LogP contribution in [0.3, 0.4) is 0 Å². The lowest BCUT2D eigenvalue weighted by atomic mass is 9.98. The van der Waals surface area contributed by atoms with E-state index in [1.54, 1.807) is 19.2 Å². The minimum atomic E-state index is -0.0557. The van der Waals surface area contributed by atoms with Gasteiger partial charge in [-0.1, -0.05) is 29.8 Å². The molecule has 1 aliphatic rings. The van der Waals surface area contributed by atoms with E-state index in [2.05, 4.69) is 11.4 Å². The monoisotopic (exact) mass is 344 g/mol. The number of halogens is 1. The van der Waals surface area contributed by atoms with E-state index in [1.165, 1.54) is 5.56 Å². The molecule has 1 N–H and O–H groups in total. The second-order valence-corrected chi connectivity index (χ2v) is 6.49. The van der Waals surface area contributed by atoms with Crippen LogP contribution in [0.5, 0.6) is 5.75 Å². The molecule has 1 unspecified atom stereocenters. The molecule has 0 radical (unpaired) electrons. The molecule has 2 aromatic carbocycles. The zero-order chi connectivity index (χ0) is 16.9. The Kier molecular flexibility index (Phi) is 5.26. The van der Waals surface area contributed by atoms with E-state index < -0.39 is 0 Å². The maximum absolute atomic E-state index is 12.4. The Morgan fingerprint density at radius 1 is 1.25 bits per heavy atom. The third-order valence-corrected chi connectivity index (χ3v) is 4.62. The van der Waals surface area contributed by atoms with Crippen LogP contribution in [0.1, 0.15) is 12.0 Å². The zero-order valence-electron chi connectivity index (χ0n) is 13.7. The number of carbonyl (C=O) groups is 1.